The predicted molar refractivity (Wildman–Crippen MR) is 119 cm³/mol. The fourth-order valence-electron chi connectivity index (χ4n) is 4.03. The van der Waals surface area contributed by atoms with Crippen molar-refractivity contribution in [2.24, 2.45) is 5.73 Å². The smallest absolute Gasteiger partial charge is 0.295 e. The van der Waals surface area contributed by atoms with Gasteiger partial charge in [-0.25, -0.2) is 8.78 Å². The molecule has 7 nitrogen and oxygen atoms in total. The van der Waals surface area contributed by atoms with E-state index in [1.54, 1.807) is 24.3 Å². The maximum absolute atomic E-state index is 13.9. The van der Waals surface area contributed by atoms with Crippen molar-refractivity contribution in [1.29, 1.82) is 0 Å². The number of benzene rings is 3. The summed E-state index contributed by atoms with van der Waals surface area (Å²) in [6.07, 6.45) is 0. The van der Waals surface area contributed by atoms with Crippen LogP contribution in [0.15, 0.2) is 75.9 Å². The molecule has 2 amide bonds. The molecule has 0 fully saturated rings. The van der Waals surface area contributed by atoms with E-state index in [-0.39, 0.29) is 28.9 Å². The highest BCUT2D eigenvalue weighted by Gasteiger charge is 2.43. The number of rotatable bonds is 5. The van der Waals surface area contributed by atoms with Crippen LogP contribution >= 0.6 is 0 Å². The van der Waals surface area contributed by atoms with E-state index in [1.165, 1.54) is 35.2 Å². The number of nitrogens with zero attached hydrogens (tertiary/aromatic N) is 1. The molecular weight excluding hydrogens is 446 g/mol. The summed E-state index contributed by atoms with van der Waals surface area (Å²) in [5, 5.41) is -0.00100. The predicted octanol–water partition coefficient (Wildman–Crippen LogP) is 3.69. The Labute approximate surface area is 191 Å². The summed E-state index contributed by atoms with van der Waals surface area (Å²) in [5.74, 6) is -2.16. The van der Waals surface area contributed by atoms with Gasteiger partial charge in [0.05, 0.1) is 17.0 Å². The van der Waals surface area contributed by atoms with Gasteiger partial charge in [-0.1, -0.05) is 12.1 Å². The molecule has 1 unspecified atom stereocenters. The topological polar surface area (TPSA) is 103 Å². The van der Waals surface area contributed by atoms with Crippen LogP contribution in [0.25, 0.3) is 11.0 Å². The Morgan fingerprint density at radius 2 is 1.65 bits per heavy atom. The minimum atomic E-state index is -0.929. The van der Waals surface area contributed by atoms with E-state index >= 15 is 0 Å². The fraction of sp³-hybridized carbons (Fsp3) is 0.0800. The molecule has 4 aromatic rings. The van der Waals surface area contributed by atoms with Crippen LogP contribution in [0, 0.1) is 11.6 Å². The van der Waals surface area contributed by atoms with E-state index in [9.17, 15) is 23.2 Å². The minimum absolute atomic E-state index is 0.00100. The van der Waals surface area contributed by atoms with Crippen LogP contribution in [0.5, 0.6) is 5.75 Å². The summed E-state index contributed by atoms with van der Waals surface area (Å²) in [7, 11) is 0. The summed E-state index contributed by atoms with van der Waals surface area (Å²) in [5.41, 5.74) is 5.52. The van der Waals surface area contributed by atoms with Crippen molar-refractivity contribution in [1.82, 2.24) is 0 Å². The van der Waals surface area contributed by atoms with E-state index < -0.39 is 34.9 Å². The first-order valence-corrected chi connectivity index (χ1v) is 10.2. The Kier molecular flexibility index (Phi) is 5.09. The molecule has 170 valence electrons. The zero-order valence-corrected chi connectivity index (χ0v) is 17.5. The van der Waals surface area contributed by atoms with E-state index in [0.717, 1.165) is 12.1 Å². The second-order valence-corrected chi connectivity index (χ2v) is 7.69. The van der Waals surface area contributed by atoms with Crippen LogP contribution in [0.3, 0.4) is 0 Å². The van der Waals surface area contributed by atoms with Gasteiger partial charge in [0.1, 0.15) is 23.0 Å². The molecule has 34 heavy (non-hydrogen) atoms. The number of carbonyl (C=O) groups excluding carboxylic acids is 2. The Hall–Kier alpha value is -4.53. The molecule has 3 aromatic carbocycles. The maximum atomic E-state index is 13.9. The summed E-state index contributed by atoms with van der Waals surface area (Å²) in [6, 6.07) is 14.2. The zero-order valence-electron chi connectivity index (χ0n) is 17.5. The first kappa shape index (κ1) is 21.3. The van der Waals surface area contributed by atoms with Crippen LogP contribution in [0.4, 0.5) is 14.5 Å². The third-order valence-electron chi connectivity index (χ3n) is 5.51. The van der Waals surface area contributed by atoms with Gasteiger partial charge in [-0.3, -0.25) is 19.3 Å². The Bertz CT molecular complexity index is 1500. The van der Waals surface area contributed by atoms with Crippen LogP contribution in [-0.2, 0) is 4.79 Å². The van der Waals surface area contributed by atoms with Gasteiger partial charge in [-0.05, 0) is 60.2 Å². The average molecular weight is 462 g/mol. The summed E-state index contributed by atoms with van der Waals surface area (Å²) in [4.78, 5) is 39.2. The molecule has 1 atom stereocenters. The SMILES string of the molecule is NC(=O)COc1ccc(C2c3c(oc4ccc(F)cc4c3=O)C(=O)N2c2ccc(F)cc2)cc1. The molecule has 1 aliphatic rings. The monoisotopic (exact) mass is 462 g/mol. The fourth-order valence-corrected chi connectivity index (χ4v) is 4.03. The summed E-state index contributed by atoms with van der Waals surface area (Å²) >= 11 is 0. The maximum Gasteiger partial charge on any atom is 0.295 e. The average Bonchev–Trinajstić information content (AvgIpc) is 3.11. The van der Waals surface area contributed by atoms with Crippen molar-refractivity contribution in [2.75, 3.05) is 11.5 Å². The largest absolute Gasteiger partial charge is 0.484 e. The van der Waals surface area contributed by atoms with Crippen molar-refractivity contribution >= 4 is 28.5 Å². The van der Waals surface area contributed by atoms with Gasteiger partial charge in [-0.15, -0.1) is 0 Å². The van der Waals surface area contributed by atoms with Gasteiger partial charge in [0.2, 0.25) is 5.76 Å². The minimum Gasteiger partial charge on any atom is -0.484 e. The second-order valence-electron chi connectivity index (χ2n) is 7.69. The van der Waals surface area contributed by atoms with E-state index in [1.807, 2.05) is 0 Å². The molecule has 0 saturated carbocycles. The lowest BCUT2D eigenvalue weighted by Gasteiger charge is -2.25. The number of amides is 2. The number of carbonyl (C=O) groups is 2. The van der Waals surface area contributed by atoms with E-state index in [2.05, 4.69) is 0 Å². The van der Waals surface area contributed by atoms with Crippen LogP contribution < -0.4 is 20.8 Å². The van der Waals surface area contributed by atoms with E-state index in [0.29, 0.717) is 17.0 Å². The van der Waals surface area contributed by atoms with Crippen molar-refractivity contribution in [3.63, 3.8) is 0 Å². The second kappa shape index (κ2) is 8.11. The molecule has 2 heterocycles. The molecule has 5 rings (SSSR count). The van der Waals surface area contributed by atoms with Crippen molar-refractivity contribution in [3.8, 4) is 5.75 Å². The number of halogens is 2. The number of anilines is 1. The van der Waals surface area contributed by atoms with Crippen LogP contribution in [0.1, 0.15) is 27.7 Å². The van der Waals surface area contributed by atoms with Gasteiger partial charge in [-0.2, -0.15) is 0 Å². The molecule has 9 heteroatoms. The van der Waals surface area contributed by atoms with E-state index in [4.69, 9.17) is 14.9 Å². The van der Waals surface area contributed by atoms with Gasteiger partial charge in [0.15, 0.2) is 12.0 Å². The summed E-state index contributed by atoms with van der Waals surface area (Å²) in [6.45, 7) is -0.313. The molecule has 1 aromatic heterocycles. The lowest BCUT2D eigenvalue weighted by molar-refractivity contribution is -0.119. The van der Waals surface area contributed by atoms with Gasteiger partial charge in [0.25, 0.3) is 11.8 Å². The zero-order chi connectivity index (χ0) is 24.0. The number of ether oxygens (including phenoxy) is 1. The molecule has 0 aliphatic carbocycles. The highest BCUT2D eigenvalue weighted by Crippen LogP contribution is 2.41. The van der Waals surface area contributed by atoms with Gasteiger partial charge in [0, 0.05) is 5.69 Å². The first-order chi connectivity index (χ1) is 16.3. The van der Waals surface area contributed by atoms with Crippen molar-refractivity contribution < 1.29 is 27.5 Å². The first-order valence-electron chi connectivity index (χ1n) is 10.2. The molecular formula is C25H16F2N2O5. The number of primary amides is 1. The Morgan fingerprint density at radius 3 is 2.32 bits per heavy atom. The third-order valence-corrected chi connectivity index (χ3v) is 5.51. The number of fused-ring (bicyclic) bond motifs is 2. The number of nitrogens with two attached hydrogens (primary N) is 1. The molecule has 2 N–H and O–H groups in total. The molecule has 0 spiro atoms. The lowest BCUT2D eigenvalue weighted by atomic mass is 9.98. The van der Waals surface area contributed by atoms with Crippen LogP contribution in [-0.4, -0.2) is 18.4 Å². The van der Waals surface area contributed by atoms with Gasteiger partial charge >= 0.3 is 0 Å². The van der Waals surface area contributed by atoms with Crippen molar-refractivity contribution in [2.45, 2.75) is 6.04 Å². The highest BCUT2D eigenvalue weighted by molar-refractivity contribution is 6.10. The molecule has 1 aliphatic heterocycles. The summed E-state index contributed by atoms with van der Waals surface area (Å²) < 4.78 is 38.5. The number of hydrogen-bond acceptors (Lipinski definition) is 5. The molecule has 0 saturated heterocycles. The molecule has 0 radical (unpaired) electrons. The lowest BCUT2D eigenvalue weighted by Crippen LogP contribution is -2.29. The highest BCUT2D eigenvalue weighted by atomic mass is 19.1. The van der Waals surface area contributed by atoms with Crippen molar-refractivity contribution in [3.05, 3.63) is 105 Å². The Balaban J connectivity index is 1.69. The third kappa shape index (κ3) is 3.57. The standard InChI is InChI=1S/C25H16F2N2O5/c26-14-3-6-16(7-4-14)29-22(13-1-8-17(9-2-13)33-12-20(28)30)21-23(31)18-11-15(27)5-10-19(18)34-24(21)25(29)32/h1-11,22H,12H2,(H2,28,30). The number of hydrogen-bond donors (Lipinski definition) is 1. The Morgan fingerprint density at radius 1 is 0.971 bits per heavy atom. The molecule has 0 bridgehead atoms. The van der Waals surface area contributed by atoms with Gasteiger partial charge < -0.3 is 14.9 Å². The van der Waals surface area contributed by atoms with Crippen LogP contribution in [0.2, 0.25) is 0 Å². The normalized spacial score (nSPS) is 14.9. The quantitative estimate of drug-likeness (QED) is 0.487.